The number of nitrogens with two attached hydrogens (primary N) is 1. The molecule has 0 saturated carbocycles. The van der Waals surface area contributed by atoms with Crippen LogP contribution in [0.2, 0.25) is 5.02 Å². The third-order valence-corrected chi connectivity index (χ3v) is 3.00. The van der Waals surface area contributed by atoms with Crippen LogP contribution < -0.4 is 15.2 Å². The zero-order valence-corrected chi connectivity index (χ0v) is 11.7. The molecule has 0 aliphatic heterocycles. The van der Waals surface area contributed by atoms with Crippen molar-refractivity contribution in [2.75, 3.05) is 14.2 Å². The van der Waals surface area contributed by atoms with Crippen molar-refractivity contribution in [2.24, 2.45) is 5.73 Å². The molecule has 0 spiro atoms. The van der Waals surface area contributed by atoms with Gasteiger partial charge in [0.1, 0.15) is 11.5 Å². The van der Waals surface area contributed by atoms with E-state index in [1.54, 1.807) is 20.3 Å². The van der Waals surface area contributed by atoms with Crippen molar-refractivity contribution in [1.29, 1.82) is 0 Å². The lowest BCUT2D eigenvalue weighted by Gasteiger charge is -2.17. The molecule has 0 fully saturated rings. The van der Waals surface area contributed by atoms with Crippen LogP contribution in [0.3, 0.4) is 0 Å². The number of hydrogen-bond donors (Lipinski definition) is 1. The van der Waals surface area contributed by atoms with Gasteiger partial charge < -0.3 is 15.2 Å². The Balaban J connectivity index is 3.13. The summed E-state index contributed by atoms with van der Waals surface area (Å²) >= 11 is 11.0. The molecule has 0 aromatic heterocycles. The molecule has 0 heterocycles. The standard InChI is InChI=1S/C12H16ClNO2S/c1-7(4-12(14)17)8-5-9(13)11(16-3)6-10(8)15-2/h5-7H,4H2,1-3H3,(H2,14,17). The summed E-state index contributed by atoms with van der Waals surface area (Å²) in [7, 11) is 3.18. The first-order valence-electron chi connectivity index (χ1n) is 5.19. The van der Waals surface area contributed by atoms with Crippen LogP contribution in [-0.4, -0.2) is 19.2 Å². The van der Waals surface area contributed by atoms with Gasteiger partial charge >= 0.3 is 0 Å². The van der Waals surface area contributed by atoms with Crippen molar-refractivity contribution in [3.8, 4) is 11.5 Å². The molecule has 3 nitrogen and oxygen atoms in total. The molecule has 17 heavy (non-hydrogen) atoms. The van der Waals surface area contributed by atoms with Crippen molar-refractivity contribution in [2.45, 2.75) is 19.3 Å². The Hall–Kier alpha value is -1.00. The zero-order valence-electron chi connectivity index (χ0n) is 10.1. The van der Waals surface area contributed by atoms with E-state index in [0.29, 0.717) is 22.2 Å². The Morgan fingerprint density at radius 2 is 1.94 bits per heavy atom. The normalized spacial score (nSPS) is 12.0. The van der Waals surface area contributed by atoms with Crippen molar-refractivity contribution in [3.05, 3.63) is 22.7 Å². The highest BCUT2D eigenvalue weighted by molar-refractivity contribution is 7.80. The average molecular weight is 274 g/mol. The summed E-state index contributed by atoms with van der Waals surface area (Å²) in [6.07, 6.45) is 0.619. The van der Waals surface area contributed by atoms with E-state index in [-0.39, 0.29) is 5.92 Å². The monoisotopic (exact) mass is 273 g/mol. The molecule has 2 N–H and O–H groups in total. The maximum Gasteiger partial charge on any atom is 0.141 e. The second-order valence-corrected chi connectivity index (χ2v) is 4.73. The van der Waals surface area contributed by atoms with Gasteiger partial charge in [0.05, 0.1) is 24.2 Å². The van der Waals surface area contributed by atoms with Gasteiger partial charge in [-0.1, -0.05) is 30.7 Å². The highest BCUT2D eigenvalue weighted by atomic mass is 35.5. The third kappa shape index (κ3) is 3.48. The molecule has 0 aliphatic rings. The first kappa shape index (κ1) is 14.1. The second kappa shape index (κ2) is 6.07. The van der Waals surface area contributed by atoms with Gasteiger partial charge in [-0.25, -0.2) is 0 Å². The van der Waals surface area contributed by atoms with Crippen molar-refractivity contribution in [1.82, 2.24) is 0 Å². The number of rotatable bonds is 5. The van der Waals surface area contributed by atoms with E-state index < -0.39 is 0 Å². The number of halogens is 1. The van der Waals surface area contributed by atoms with Gasteiger partial charge in [0.2, 0.25) is 0 Å². The van der Waals surface area contributed by atoms with Crippen molar-refractivity contribution >= 4 is 28.8 Å². The smallest absolute Gasteiger partial charge is 0.141 e. The predicted molar refractivity (Wildman–Crippen MR) is 74.4 cm³/mol. The molecular formula is C12H16ClNO2S. The molecule has 0 amide bonds. The van der Waals surface area contributed by atoms with Crippen LogP contribution in [-0.2, 0) is 0 Å². The Labute approximate surface area is 112 Å². The Bertz CT molecular complexity index is 423. The third-order valence-electron chi connectivity index (χ3n) is 2.54. The first-order chi connectivity index (χ1) is 7.99. The number of hydrogen-bond acceptors (Lipinski definition) is 3. The summed E-state index contributed by atoms with van der Waals surface area (Å²) in [5, 5.41) is 0.554. The topological polar surface area (TPSA) is 44.5 Å². The molecule has 1 aromatic carbocycles. The van der Waals surface area contributed by atoms with Crippen molar-refractivity contribution < 1.29 is 9.47 Å². The SMILES string of the molecule is COc1cc(OC)c(C(C)CC(N)=S)cc1Cl. The number of methoxy groups -OCH3 is 2. The van der Waals surface area contributed by atoms with Crippen LogP contribution in [0.1, 0.15) is 24.8 Å². The van der Waals surface area contributed by atoms with Gasteiger partial charge in [-0.05, 0) is 17.5 Å². The average Bonchev–Trinajstić information content (AvgIpc) is 2.27. The lowest BCUT2D eigenvalue weighted by atomic mass is 9.96. The Morgan fingerprint density at radius 1 is 1.35 bits per heavy atom. The first-order valence-corrected chi connectivity index (χ1v) is 5.98. The second-order valence-electron chi connectivity index (χ2n) is 3.80. The van der Waals surface area contributed by atoms with Gasteiger partial charge in [-0.15, -0.1) is 0 Å². The van der Waals surface area contributed by atoms with Crippen LogP contribution in [0.5, 0.6) is 11.5 Å². The van der Waals surface area contributed by atoms with Crippen LogP contribution >= 0.6 is 23.8 Å². The lowest BCUT2D eigenvalue weighted by molar-refractivity contribution is 0.389. The minimum absolute atomic E-state index is 0.158. The molecule has 0 radical (unpaired) electrons. The quantitative estimate of drug-likeness (QED) is 0.837. The fraction of sp³-hybridized carbons (Fsp3) is 0.417. The summed E-state index contributed by atoms with van der Waals surface area (Å²) in [6, 6.07) is 3.61. The molecular weight excluding hydrogens is 258 g/mol. The van der Waals surface area contributed by atoms with Crippen LogP contribution in [0.25, 0.3) is 0 Å². The molecule has 1 aromatic rings. The van der Waals surface area contributed by atoms with Gasteiger partial charge in [-0.2, -0.15) is 0 Å². The summed E-state index contributed by atoms with van der Waals surface area (Å²) in [4.78, 5) is 0.478. The summed E-state index contributed by atoms with van der Waals surface area (Å²) in [6.45, 7) is 2.03. The fourth-order valence-corrected chi connectivity index (χ4v) is 2.18. The van der Waals surface area contributed by atoms with Crippen LogP contribution in [0.15, 0.2) is 12.1 Å². The molecule has 1 atom stereocenters. The highest BCUT2D eigenvalue weighted by Gasteiger charge is 2.16. The Morgan fingerprint density at radius 3 is 2.41 bits per heavy atom. The molecule has 1 rings (SSSR count). The highest BCUT2D eigenvalue weighted by Crippen LogP contribution is 2.37. The maximum atomic E-state index is 6.09. The van der Waals surface area contributed by atoms with E-state index in [1.165, 1.54) is 0 Å². The molecule has 94 valence electrons. The summed E-state index contributed by atoms with van der Waals surface area (Å²) in [5.41, 5.74) is 6.53. The zero-order chi connectivity index (χ0) is 13.0. The molecule has 0 bridgehead atoms. The minimum Gasteiger partial charge on any atom is -0.496 e. The van der Waals surface area contributed by atoms with Gasteiger partial charge in [0.15, 0.2) is 0 Å². The fourth-order valence-electron chi connectivity index (χ4n) is 1.68. The molecule has 0 aliphatic carbocycles. The number of ether oxygens (including phenoxy) is 2. The predicted octanol–water partition coefficient (Wildman–Crippen LogP) is 3.14. The van der Waals surface area contributed by atoms with E-state index in [1.807, 2.05) is 13.0 Å². The molecule has 5 heteroatoms. The van der Waals surface area contributed by atoms with E-state index in [4.69, 9.17) is 39.0 Å². The number of benzene rings is 1. The van der Waals surface area contributed by atoms with Crippen molar-refractivity contribution in [3.63, 3.8) is 0 Å². The van der Waals surface area contributed by atoms with Gasteiger partial charge in [0.25, 0.3) is 0 Å². The van der Waals surface area contributed by atoms with E-state index >= 15 is 0 Å². The van der Waals surface area contributed by atoms with Gasteiger partial charge in [0, 0.05) is 12.5 Å². The van der Waals surface area contributed by atoms with Crippen LogP contribution in [0, 0.1) is 0 Å². The summed E-state index contributed by atoms with van der Waals surface area (Å²) < 4.78 is 10.5. The largest absolute Gasteiger partial charge is 0.496 e. The van der Waals surface area contributed by atoms with Crippen LogP contribution in [0.4, 0.5) is 0 Å². The lowest BCUT2D eigenvalue weighted by Crippen LogP contribution is -2.12. The Kier molecular flexibility index (Phi) is 5.02. The number of thiocarbonyl (C=S) groups is 1. The van der Waals surface area contributed by atoms with E-state index in [9.17, 15) is 0 Å². The summed E-state index contributed by atoms with van der Waals surface area (Å²) in [5.74, 6) is 1.48. The van der Waals surface area contributed by atoms with Gasteiger partial charge in [-0.3, -0.25) is 0 Å². The van der Waals surface area contributed by atoms with E-state index in [0.717, 1.165) is 11.3 Å². The molecule has 1 unspecified atom stereocenters. The van der Waals surface area contributed by atoms with E-state index in [2.05, 4.69) is 0 Å². The maximum absolute atomic E-state index is 6.09. The molecule has 0 saturated heterocycles. The minimum atomic E-state index is 0.158.